The van der Waals surface area contributed by atoms with Crippen LogP contribution in [0, 0.1) is 0 Å². The Hall–Kier alpha value is -3.00. The topological polar surface area (TPSA) is 138 Å². The fourth-order valence-corrected chi connectivity index (χ4v) is 1.62. The zero-order valence-corrected chi connectivity index (χ0v) is 13.2. The van der Waals surface area contributed by atoms with Gasteiger partial charge in [0.05, 0.1) is 0 Å². The van der Waals surface area contributed by atoms with E-state index >= 15 is 0 Å². The molecule has 8 heteroatoms. The smallest absolute Gasteiger partial charge is 0.325 e. The fraction of sp³-hybridized carbons (Fsp3) is 0.250. The van der Waals surface area contributed by atoms with Crippen LogP contribution in [0.4, 0.5) is 5.69 Å². The number of aromatic nitrogens is 2. The minimum absolute atomic E-state index is 0.345. The molecule has 0 radical (unpaired) electrons. The molecule has 0 aliphatic heterocycles. The largest absolute Gasteiger partial charge is 0.480 e. The van der Waals surface area contributed by atoms with Crippen molar-refractivity contribution in [3.63, 3.8) is 0 Å². The van der Waals surface area contributed by atoms with Gasteiger partial charge in [0.2, 0.25) is 0 Å². The van der Waals surface area contributed by atoms with Gasteiger partial charge in [-0.1, -0.05) is 0 Å². The molecule has 0 spiro atoms. The third-order valence-corrected chi connectivity index (χ3v) is 2.96. The number of aliphatic carboxylic acids is 2. The minimum atomic E-state index is -0.980. The fourth-order valence-electron chi connectivity index (χ4n) is 1.62. The van der Waals surface area contributed by atoms with Crippen LogP contribution in [-0.4, -0.2) is 44.2 Å². The first-order chi connectivity index (χ1) is 11.4. The van der Waals surface area contributed by atoms with E-state index < -0.39 is 24.0 Å². The molecule has 2 rings (SSSR count). The number of pyridine rings is 2. The summed E-state index contributed by atoms with van der Waals surface area (Å²) in [7, 11) is 0. The Kier molecular flexibility index (Phi) is 7.86. The maximum Gasteiger partial charge on any atom is 0.325 e. The second kappa shape index (κ2) is 9.90. The Bertz CT molecular complexity index is 580. The van der Waals surface area contributed by atoms with Gasteiger partial charge in [0.15, 0.2) is 0 Å². The zero-order chi connectivity index (χ0) is 17.9. The predicted molar refractivity (Wildman–Crippen MR) is 88.5 cm³/mol. The molecule has 0 saturated heterocycles. The lowest BCUT2D eigenvalue weighted by Crippen LogP contribution is -2.32. The van der Waals surface area contributed by atoms with Crippen LogP contribution >= 0.6 is 0 Å². The summed E-state index contributed by atoms with van der Waals surface area (Å²) in [6, 6.07) is 5.55. The van der Waals surface area contributed by atoms with Crippen LogP contribution in [0.3, 0.4) is 0 Å². The van der Waals surface area contributed by atoms with Gasteiger partial charge < -0.3 is 21.3 Å². The van der Waals surface area contributed by atoms with Crippen molar-refractivity contribution in [2.45, 2.75) is 25.4 Å². The maximum atomic E-state index is 10.4. The number of nitrogens with zero attached hydrogens (tertiary/aromatic N) is 2. The first-order valence-corrected chi connectivity index (χ1v) is 7.16. The highest BCUT2D eigenvalue weighted by molar-refractivity contribution is 5.76. The summed E-state index contributed by atoms with van der Waals surface area (Å²) in [5.41, 5.74) is 6.98. The van der Waals surface area contributed by atoms with Crippen molar-refractivity contribution in [1.29, 1.82) is 0 Å². The van der Waals surface area contributed by atoms with Gasteiger partial charge in [0.25, 0.3) is 0 Å². The van der Waals surface area contributed by atoms with Crippen LogP contribution < -0.4 is 11.1 Å². The number of carboxylic acid groups (broad SMARTS) is 2. The standard InChI is InChI=1S/2C8H10N2O2/c1-6(8(11)12)10-7-2-4-9-5-3-7;9-7(8(11)12)5-6-1-3-10-4-2-6/h2-6H,1H3,(H,9,10)(H,11,12);1-4,7H,5,9H2,(H,11,12)/t6-;7-/m00/s1. The average molecular weight is 332 g/mol. The normalized spacial score (nSPS) is 12.2. The molecule has 2 aromatic heterocycles. The molecule has 2 heterocycles. The minimum Gasteiger partial charge on any atom is -0.480 e. The predicted octanol–water partition coefficient (Wildman–Crippen LogP) is 1.00. The third-order valence-electron chi connectivity index (χ3n) is 2.96. The van der Waals surface area contributed by atoms with Crippen molar-refractivity contribution >= 4 is 17.6 Å². The summed E-state index contributed by atoms with van der Waals surface area (Å²) in [5.74, 6) is -1.85. The van der Waals surface area contributed by atoms with Gasteiger partial charge in [-0.2, -0.15) is 0 Å². The van der Waals surface area contributed by atoms with Crippen molar-refractivity contribution in [3.8, 4) is 0 Å². The van der Waals surface area contributed by atoms with Crippen LogP contribution in [0.1, 0.15) is 12.5 Å². The van der Waals surface area contributed by atoms with Crippen LogP contribution in [0.15, 0.2) is 49.1 Å². The Morgan fingerprint density at radius 1 is 1.04 bits per heavy atom. The second-order valence-corrected chi connectivity index (χ2v) is 4.94. The van der Waals surface area contributed by atoms with Crippen LogP contribution in [0.2, 0.25) is 0 Å². The summed E-state index contributed by atoms with van der Waals surface area (Å²) in [5, 5.41) is 19.9. The molecule has 0 aliphatic carbocycles. The number of hydrogen-bond acceptors (Lipinski definition) is 6. The van der Waals surface area contributed by atoms with Crippen molar-refractivity contribution in [3.05, 3.63) is 54.6 Å². The number of carbonyl (C=O) groups is 2. The van der Waals surface area contributed by atoms with Gasteiger partial charge in [0, 0.05) is 30.5 Å². The summed E-state index contributed by atoms with van der Waals surface area (Å²) in [4.78, 5) is 28.4. The molecular formula is C16H20N4O4. The summed E-state index contributed by atoms with van der Waals surface area (Å²) >= 11 is 0. The maximum absolute atomic E-state index is 10.4. The van der Waals surface area contributed by atoms with Gasteiger partial charge >= 0.3 is 11.9 Å². The number of nitrogens with one attached hydrogen (secondary N) is 1. The Morgan fingerprint density at radius 3 is 2.00 bits per heavy atom. The number of hydrogen-bond donors (Lipinski definition) is 4. The average Bonchev–Trinajstić information content (AvgIpc) is 2.57. The van der Waals surface area contributed by atoms with E-state index in [-0.39, 0.29) is 0 Å². The van der Waals surface area contributed by atoms with Crippen molar-refractivity contribution in [2.24, 2.45) is 5.73 Å². The van der Waals surface area contributed by atoms with E-state index in [9.17, 15) is 9.59 Å². The molecule has 0 saturated carbocycles. The molecule has 0 unspecified atom stereocenters. The highest BCUT2D eigenvalue weighted by atomic mass is 16.4. The van der Waals surface area contributed by atoms with E-state index in [4.69, 9.17) is 15.9 Å². The molecule has 8 nitrogen and oxygen atoms in total. The zero-order valence-electron chi connectivity index (χ0n) is 13.2. The number of rotatable bonds is 6. The van der Waals surface area contributed by atoms with Gasteiger partial charge in [-0.15, -0.1) is 0 Å². The van der Waals surface area contributed by atoms with Crippen LogP contribution in [0.5, 0.6) is 0 Å². The summed E-state index contributed by atoms with van der Waals surface area (Å²) in [6.07, 6.45) is 6.79. The first kappa shape index (κ1) is 19.0. The summed E-state index contributed by atoms with van der Waals surface area (Å²) in [6.45, 7) is 1.59. The Morgan fingerprint density at radius 2 is 1.54 bits per heavy atom. The number of nitrogens with two attached hydrogens (primary N) is 1. The highest BCUT2D eigenvalue weighted by Crippen LogP contribution is 2.05. The monoisotopic (exact) mass is 332 g/mol. The molecule has 0 aliphatic rings. The van der Waals surface area contributed by atoms with Gasteiger partial charge in [-0.3, -0.25) is 19.6 Å². The van der Waals surface area contributed by atoms with Crippen molar-refractivity contribution in [2.75, 3.05) is 5.32 Å². The summed E-state index contributed by atoms with van der Waals surface area (Å²) < 4.78 is 0. The van der Waals surface area contributed by atoms with E-state index in [1.165, 1.54) is 0 Å². The van der Waals surface area contributed by atoms with E-state index in [2.05, 4.69) is 15.3 Å². The molecular weight excluding hydrogens is 312 g/mol. The Balaban J connectivity index is 0.000000240. The van der Waals surface area contributed by atoms with E-state index in [1.54, 1.807) is 56.0 Å². The SMILES string of the molecule is C[C@H](Nc1ccncc1)C(=O)O.N[C@@H](Cc1ccncc1)C(=O)O. The van der Waals surface area contributed by atoms with Crippen molar-refractivity contribution < 1.29 is 19.8 Å². The molecule has 0 bridgehead atoms. The van der Waals surface area contributed by atoms with E-state index in [1.807, 2.05) is 0 Å². The number of carboxylic acids is 2. The molecule has 0 amide bonds. The molecule has 0 aromatic carbocycles. The molecule has 2 atom stereocenters. The molecule has 2 aromatic rings. The third kappa shape index (κ3) is 7.32. The molecule has 24 heavy (non-hydrogen) atoms. The van der Waals surface area contributed by atoms with E-state index in [0.717, 1.165) is 11.3 Å². The Labute approximate surface area is 139 Å². The van der Waals surface area contributed by atoms with Crippen LogP contribution in [0.25, 0.3) is 0 Å². The molecule has 5 N–H and O–H groups in total. The van der Waals surface area contributed by atoms with Gasteiger partial charge in [-0.05, 0) is 43.2 Å². The first-order valence-electron chi connectivity index (χ1n) is 7.16. The van der Waals surface area contributed by atoms with Crippen molar-refractivity contribution in [1.82, 2.24) is 9.97 Å². The quantitative estimate of drug-likeness (QED) is 0.614. The lowest BCUT2D eigenvalue weighted by Gasteiger charge is -2.09. The van der Waals surface area contributed by atoms with Gasteiger partial charge in [-0.25, -0.2) is 0 Å². The lowest BCUT2D eigenvalue weighted by molar-refractivity contribution is -0.139. The molecule has 0 fully saturated rings. The second-order valence-electron chi connectivity index (χ2n) is 4.94. The van der Waals surface area contributed by atoms with Gasteiger partial charge in [0.1, 0.15) is 12.1 Å². The van der Waals surface area contributed by atoms with E-state index in [0.29, 0.717) is 6.42 Å². The molecule has 128 valence electrons. The number of anilines is 1. The van der Waals surface area contributed by atoms with Crippen LogP contribution in [-0.2, 0) is 16.0 Å². The highest BCUT2D eigenvalue weighted by Gasteiger charge is 2.11. The lowest BCUT2D eigenvalue weighted by atomic mass is 10.1.